The van der Waals surface area contributed by atoms with E-state index in [0.717, 1.165) is 5.56 Å². The highest BCUT2D eigenvalue weighted by Crippen LogP contribution is 2.35. The highest BCUT2D eigenvalue weighted by Gasteiger charge is 2.09. The fourth-order valence-electron chi connectivity index (χ4n) is 1.72. The summed E-state index contributed by atoms with van der Waals surface area (Å²) in [6.07, 6.45) is 0. The first-order chi connectivity index (χ1) is 9.51. The van der Waals surface area contributed by atoms with Gasteiger partial charge in [0.25, 0.3) is 0 Å². The summed E-state index contributed by atoms with van der Waals surface area (Å²) >= 11 is 9.06. The van der Waals surface area contributed by atoms with E-state index in [9.17, 15) is 9.50 Å². The van der Waals surface area contributed by atoms with Crippen LogP contribution in [0.1, 0.15) is 5.56 Å². The van der Waals surface area contributed by atoms with E-state index in [-0.39, 0.29) is 11.6 Å². The van der Waals surface area contributed by atoms with Crippen LogP contribution in [0.2, 0.25) is 5.02 Å². The quantitative estimate of drug-likeness (QED) is 0.839. The van der Waals surface area contributed by atoms with Crippen molar-refractivity contribution in [3.63, 3.8) is 0 Å². The van der Waals surface area contributed by atoms with Crippen LogP contribution >= 0.6 is 27.5 Å². The van der Waals surface area contributed by atoms with Crippen LogP contribution in [0.4, 0.5) is 10.1 Å². The van der Waals surface area contributed by atoms with E-state index in [4.69, 9.17) is 16.3 Å². The van der Waals surface area contributed by atoms with Crippen molar-refractivity contribution in [3.8, 4) is 11.5 Å². The largest absolute Gasteiger partial charge is 0.503 e. The van der Waals surface area contributed by atoms with Gasteiger partial charge in [-0.25, -0.2) is 4.39 Å². The number of hydrogen-bond donors (Lipinski definition) is 2. The Morgan fingerprint density at radius 2 is 2.10 bits per heavy atom. The lowest BCUT2D eigenvalue weighted by molar-refractivity contribution is 0.371. The molecule has 0 amide bonds. The fourth-order valence-corrected chi connectivity index (χ4v) is 2.38. The Kier molecular flexibility index (Phi) is 4.73. The molecule has 0 radical (unpaired) electrons. The number of aromatic hydroxyl groups is 1. The minimum atomic E-state index is -0.376. The van der Waals surface area contributed by atoms with Crippen molar-refractivity contribution in [1.29, 1.82) is 0 Å². The van der Waals surface area contributed by atoms with Gasteiger partial charge in [0.05, 0.1) is 17.3 Å². The summed E-state index contributed by atoms with van der Waals surface area (Å²) in [4.78, 5) is 0. The van der Waals surface area contributed by atoms with Gasteiger partial charge in [0.15, 0.2) is 11.5 Å². The molecule has 0 fully saturated rings. The van der Waals surface area contributed by atoms with Crippen molar-refractivity contribution in [2.24, 2.45) is 0 Å². The topological polar surface area (TPSA) is 41.5 Å². The lowest BCUT2D eigenvalue weighted by atomic mass is 10.2. The molecule has 2 rings (SSSR count). The van der Waals surface area contributed by atoms with Crippen molar-refractivity contribution in [2.75, 3.05) is 12.4 Å². The fraction of sp³-hybridized carbons (Fsp3) is 0.143. The van der Waals surface area contributed by atoms with Crippen LogP contribution in [-0.4, -0.2) is 12.2 Å². The van der Waals surface area contributed by atoms with Gasteiger partial charge in [-0.3, -0.25) is 0 Å². The molecule has 0 saturated heterocycles. The van der Waals surface area contributed by atoms with E-state index in [0.29, 0.717) is 27.5 Å². The van der Waals surface area contributed by atoms with E-state index in [1.807, 2.05) is 0 Å². The number of ether oxygens (including phenoxy) is 1. The Balaban J connectivity index is 2.19. The molecule has 0 aromatic heterocycles. The molecular formula is C14H12BrClFNO2. The van der Waals surface area contributed by atoms with Crippen LogP contribution in [-0.2, 0) is 6.54 Å². The molecule has 0 spiro atoms. The lowest BCUT2D eigenvalue weighted by Crippen LogP contribution is -2.02. The first-order valence-electron chi connectivity index (χ1n) is 5.75. The third-order valence-corrected chi connectivity index (χ3v) is 3.56. The number of halogens is 3. The molecule has 3 nitrogen and oxygen atoms in total. The summed E-state index contributed by atoms with van der Waals surface area (Å²) in [5.74, 6) is 0.00661. The van der Waals surface area contributed by atoms with Crippen LogP contribution in [0, 0.1) is 5.82 Å². The number of phenols is 1. The van der Waals surface area contributed by atoms with Gasteiger partial charge >= 0.3 is 0 Å². The highest BCUT2D eigenvalue weighted by atomic mass is 79.9. The van der Waals surface area contributed by atoms with Gasteiger partial charge in [-0.1, -0.05) is 11.6 Å². The predicted octanol–water partition coefficient (Wildman–Crippen LogP) is 4.57. The Labute approximate surface area is 129 Å². The molecule has 0 aliphatic heterocycles. The minimum absolute atomic E-state index is 0.0326. The average Bonchev–Trinajstić information content (AvgIpc) is 2.43. The number of anilines is 1. The van der Waals surface area contributed by atoms with Gasteiger partial charge < -0.3 is 15.2 Å². The number of hydrogen-bond acceptors (Lipinski definition) is 3. The molecule has 0 bridgehead atoms. The van der Waals surface area contributed by atoms with Crippen LogP contribution in [0.15, 0.2) is 34.8 Å². The Morgan fingerprint density at radius 3 is 2.80 bits per heavy atom. The highest BCUT2D eigenvalue weighted by molar-refractivity contribution is 9.10. The van der Waals surface area contributed by atoms with Crippen molar-refractivity contribution in [1.82, 2.24) is 0 Å². The Bertz CT molecular complexity index is 637. The van der Waals surface area contributed by atoms with E-state index in [1.165, 1.54) is 25.3 Å². The van der Waals surface area contributed by atoms with Crippen molar-refractivity contribution in [2.45, 2.75) is 6.54 Å². The van der Waals surface area contributed by atoms with Gasteiger partial charge in [-0.2, -0.15) is 0 Å². The van der Waals surface area contributed by atoms with Crippen LogP contribution in [0.5, 0.6) is 11.5 Å². The first-order valence-corrected chi connectivity index (χ1v) is 6.92. The molecule has 20 heavy (non-hydrogen) atoms. The molecule has 2 aromatic carbocycles. The maximum Gasteiger partial charge on any atom is 0.172 e. The molecule has 0 aliphatic carbocycles. The summed E-state index contributed by atoms with van der Waals surface area (Å²) in [5, 5.41) is 13.1. The van der Waals surface area contributed by atoms with Crippen LogP contribution in [0.3, 0.4) is 0 Å². The summed E-state index contributed by atoms with van der Waals surface area (Å²) < 4.78 is 19.1. The maximum absolute atomic E-state index is 13.6. The summed E-state index contributed by atoms with van der Waals surface area (Å²) in [6, 6.07) is 7.71. The molecule has 0 unspecified atom stereocenters. The second-order valence-electron chi connectivity index (χ2n) is 4.11. The maximum atomic E-state index is 13.6. The van der Waals surface area contributed by atoms with Gasteiger partial charge in [-0.15, -0.1) is 0 Å². The molecule has 2 N–H and O–H groups in total. The van der Waals surface area contributed by atoms with Gasteiger partial charge in [-0.05, 0) is 51.8 Å². The smallest absolute Gasteiger partial charge is 0.172 e. The summed E-state index contributed by atoms with van der Waals surface area (Å²) in [6.45, 7) is 0.368. The van der Waals surface area contributed by atoms with Crippen LogP contribution in [0.25, 0.3) is 0 Å². The number of phenolic OH excluding ortho intramolecular Hbond substituents is 1. The molecule has 2 aromatic rings. The van der Waals surface area contributed by atoms with Crippen LogP contribution < -0.4 is 10.1 Å². The Hall–Kier alpha value is -1.46. The zero-order valence-corrected chi connectivity index (χ0v) is 12.9. The van der Waals surface area contributed by atoms with Crippen molar-refractivity contribution >= 4 is 33.2 Å². The molecule has 0 atom stereocenters. The minimum Gasteiger partial charge on any atom is -0.503 e. The standard InChI is InChI=1S/C14H12BrClFNO2/c1-20-13-5-8(4-10(15)14(13)19)7-18-12-6-9(16)2-3-11(12)17/h2-6,18-19H,7H2,1H3. The second-order valence-corrected chi connectivity index (χ2v) is 5.40. The van der Waals surface area contributed by atoms with E-state index in [2.05, 4.69) is 21.2 Å². The molecule has 0 aliphatic rings. The normalized spacial score (nSPS) is 10.4. The van der Waals surface area contributed by atoms with Gasteiger partial charge in [0, 0.05) is 11.6 Å². The zero-order valence-electron chi connectivity index (χ0n) is 10.6. The molecule has 0 heterocycles. The zero-order chi connectivity index (χ0) is 14.7. The van der Waals surface area contributed by atoms with E-state index < -0.39 is 0 Å². The van der Waals surface area contributed by atoms with Crippen molar-refractivity contribution in [3.05, 3.63) is 51.2 Å². The lowest BCUT2D eigenvalue weighted by Gasteiger charge is -2.11. The number of methoxy groups -OCH3 is 1. The molecule has 6 heteroatoms. The predicted molar refractivity (Wildman–Crippen MR) is 81.1 cm³/mol. The first kappa shape index (κ1) is 14.9. The number of benzene rings is 2. The molecule has 106 valence electrons. The Morgan fingerprint density at radius 1 is 1.35 bits per heavy atom. The molecule has 0 saturated carbocycles. The number of rotatable bonds is 4. The SMILES string of the molecule is COc1cc(CNc2cc(Cl)ccc2F)cc(Br)c1O. The summed E-state index contributed by atoms with van der Waals surface area (Å²) in [5.41, 5.74) is 1.14. The van der Waals surface area contributed by atoms with E-state index >= 15 is 0 Å². The molecular weight excluding hydrogens is 349 g/mol. The average molecular weight is 361 g/mol. The van der Waals surface area contributed by atoms with E-state index in [1.54, 1.807) is 12.1 Å². The third kappa shape index (κ3) is 3.35. The van der Waals surface area contributed by atoms with Crippen molar-refractivity contribution < 1.29 is 14.2 Å². The third-order valence-electron chi connectivity index (χ3n) is 2.72. The monoisotopic (exact) mass is 359 g/mol. The number of nitrogens with one attached hydrogen (secondary N) is 1. The summed E-state index contributed by atoms with van der Waals surface area (Å²) in [7, 11) is 1.47. The van der Waals surface area contributed by atoms with Gasteiger partial charge in [0.2, 0.25) is 0 Å². The van der Waals surface area contributed by atoms with Gasteiger partial charge in [0.1, 0.15) is 5.82 Å². The second kappa shape index (κ2) is 6.33.